The fourth-order valence-corrected chi connectivity index (χ4v) is 0.837. The Morgan fingerprint density at radius 3 is 2.78 bits per heavy atom. The van der Waals surface area contributed by atoms with Crippen molar-refractivity contribution in [1.29, 1.82) is 0 Å². The van der Waals surface area contributed by atoms with Crippen LogP contribution in [0.1, 0.15) is 11.1 Å². The summed E-state index contributed by atoms with van der Waals surface area (Å²) in [5.74, 6) is 0.550. The Bertz CT molecular complexity index is 198. The van der Waals surface area contributed by atoms with Crippen molar-refractivity contribution in [2.45, 2.75) is 12.8 Å². The third-order valence-electron chi connectivity index (χ3n) is 1.09. The van der Waals surface area contributed by atoms with Crippen LogP contribution in [0, 0.1) is 6.92 Å². The summed E-state index contributed by atoms with van der Waals surface area (Å²) < 4.78 is 0. The second-order valence-corrected chi connectivity index (χ2v) is 2.27. The van der Waals surface area contributed by atoms with E-state index in [0.29, 0.717) is 5.88 Å². The monoisotopic (exact) mass is 141 g/mol. The molecule has 0 atom stereocenters. The van der Waals surface area contributed by atoms with Gasteiger partial charge in [0.15, 0.2) is 0 Å². The van der Waals surface area contributed by atoms with Gasteiger partial charge in [0.2, 0.25) is 0 Å². The van der Waals surface area contributed by atoms with Crippen LogP contribution in [0.3, 0.4) is 0 Å². The van der Waals surface area contributed by atoms with Crippen LogP contribution in [0.25, 0.3) is 0 Å². The highest BCUT2D eigenvalue weighted by Gasteiger charge is 1.88. The minimum absolute atomic E-state index is 0.550. The van der Waals surface area contributed by atoms with Gasteiger partial charge >= 0.3 is 0 Å². The predicted octanol–water partition coefficient (Wildman–Crippen LogP) is 2.13. The molecule has 1 aromatic rings. The van der Waals surface area contributed by atoms with E-state index in [4.69, 9.17) is 11.6 Å². The van der Waals surface area contributed by atoms with Gasteiger partial charge in [-0.2, -0.15) is 0 Å². The van der Waals surface area contributed by atoms with Crippen molar-refractivity contribution < 1.29 is 0 Å². The fraction of sp³-hybridized carbons (Fsp3) is 0.286. The molecule has 0 aromatic carbocycles. The summed E-state index contributed by atoms with van der Waals surface area (Å²) in [4.78, 5) is 3.97. The molecule has 0 bridgehead atoms. The minimum Gasteiger partial charge on any atom is -0.264 e. The second-order valence-electron chi connectivity index (χ2n) is 2.00. The molecule has 48 valence electrons. The number of rotatable bonds is 1. The summed E-state index contributed by atoms with van der Waals surface area (Å²) in [6.45, 7) is 2.00. The summed E-state index contributed by atoms with van der Waals surface area (Å²) >= 11 is 5.56. The van der Waals surface area contributed by atoms with Crippen LogP contribution >= 0.6 is 11.6 Å². The molecular formula is C7H8ClN. The molecule has 0 fully saturated rings. The summed E-state index contributed by atoms with van der Waals surface area (Å²) in [6.07, 6.45) is 3.59. The molecule has 0 spiro atoms. The van der Waals surface area contributed by atoms with E-state index in [1.165, 1.54) is 0 Å². The lowest BCUT2D eigenvalue weighted by Crippen LogP contribution is -1.81. The van der Waals surface area contributed by atoms with Crippen molar-refractivity contribution in [3.8, 4) is 0 Å². The van der Waals surface area contributed by atoms with Crippen LogP contribution in [0.5, 0.6) is 0 Å². The van der Waals surface area contributed by atoms with E-state index in [9.17, 15) is 0 Å². The van der Waals surface area contributed by atoms with Crippen molar-refractivity contribution in [1.82, 2.24) is 4.98 Å². The smallest absolute Gasteiger partial charge is 0.0489 e. The first kappa shape index (κ1) is 6.56. The lowest BCUT2D eigenvalue weighted by Gasteiger charge is -1.93. The first-order valence-electron chi connectivity index (χ1n) is 2.79. The molecule has 0 saturated carbocycles. The molecule has 0 aliphatic rings. The van der Waals surface area contributed by atoms with Gasteiger partial charge in [0, 0.05) is 18.3 Å². The maximum absolute atomic E-state index is 5.56. The molecule has 2 heteroatoms. The van der Waals surface area contributed by atoms with Crippen molar-refractivity contribution in [2.75, 3.05) is 0 Å². The maximum atomic E-state index is 5.56. The zero-order valence-corrected chi connectivity index (χ0v) is 6.02. The first-order valence-corrected chi connectivity index (χ1v) is 3.33. The fourth-order valence-electron chi connectivity index (χ4n) is 0.691. The Hall–Kier alpha value is -0.560. The minimum atomic E-state index is 0.550. The van der Waals surface area contributed by atoms with Gasteiger partial charge in [0.05, 0.1) is 0 Å². The maximum Gasteiger partial charge on any atom is 0.0489 e. The van der Waals surface area contributed by atoms with Crippen LogP contribution in [0.2, 0.25) is 0 Å². The average molecular weight is 142 g/mol. The van der Waals surface area contributed by atoms with Gasteiger partial charge in [0.25, 0.3) is 0 Å². The van der Waals surface area contributed by atoms with E-state index < -0.39 is 0 Å². The Morgan fingerprint density at radius 2 is 2.33 bits per heavy atom. The van der Waals surface area contributed by atoms with Gasteiger partial charge in [-0.3, -0.25) is 4.98 Å². The molecule has 1 rings (SSSR count). The summed E-state index contributed by atoms with van der Waals surface area (Å²) in [7, 11) is 0. The molecule has 1 heterocycles. The van der Waals surface area contributed by atoms with E-state index in [0.717, 1.165) is 11.1 Å². The standard InChI is InChI=1S/C7H8ClN/c1-6-2-7(3-8)5-9-4-6/h2,4-5H,3H2,1H3. The number of pyridine rings is 1. The number of aryl methyl sites for hydroxylation is 1. The number of alkyl halides is 1. The second kappa shape index (κ2) is 2.83. The zero-order chi connectivity index (χ0) is 6.69. The zero-order valence-electron chi connectivity index (χ0n) is 5.26. The Balaban J connectivity index is 2.94. The predicted molar refractivity (Wildman–Crippen MR) is 38.5 cm³/mol. The normalized spacial score (nSPS) is 9.56. The van der Waals surface area contributed by atoms with E-state index in [1.54, 1.807) is 6.20 Å². The van der Waals surface area contributed by atoms with Gasteiger partial charge < -0.3 is 0 Å². The molecule has 1 aromatic heterocycles. The van der Waals surface area contributed by atoms with E-state index in [2.05, 4.69) is 4.98 Å². The van der Waals surface area contributed by atoms with E-state index in [1.807, 2.05) is 19.2 Å². The SMILES string of the molecule is Cc1cncc(CCl)c1. The molecule has 0 aliphatic heterocycles. The largest absolute Gasteiger partial charge is 0.264 e. The molecule has 0 N–H and O–H groups in total. The van der Waals surface area contributed by atoms with Gasteiger partial charge in [-0.15, -0.1) is 11.6 Å². The van der Waals surface area contributed by atoms with Crippen LogP contribution in [-0.2, 0) is 5.88 Å². The van der Waals surface area contributed by atoms with Crippen LogP contribution in [0.15, 0.2) is 18.5 Å². The number of nitrogens with zero attached hydrogens (tertiary/aromatic N) is 1. The highest BCUT2D eigenvalue weighted by Crippen LogP contribution is 2.03. The number of aromatic nitrogens is 1. The number of hydrogen-bond acceptors (Lipinski definition) is 1. The third-order valence-corrected chi connectivity index (χ3v) is 1.39. The first-order chi connectivity index (χ1) is 4.33. The van der Waals surface area contributed by atoms with Gasteiger partial charge in [-0.1, -0.05) is 6.07 Å². The summed E-state index contributed by atoms with van der Waals surface area (Å²) in [5, 5.41) is 0. The summed E-state index contributed by atoms with van der Waals surface area (Å²) in [5.41, 5.74) is 2.24. The molecule has 0 saturated heterocycles. The van der Waals surface area contributed by atoms with E-state index >= 15 is 0 Å². The average Bonchev–Trinajstić information content (AvgIpc) is 1.88. The Kier molecular flexibility index (Phi) is 2.06. The molecule has 9 heavy (non-hydrogen) atoms. The van der Waals surface area contributed by atoms with Gasteiger partial charge in [-0.05, 0) is 18.1 Å². The summed E-state index contributed by atoms with van der Waals surface area (Å²) in [6, 6.07) is 2.03. The van der Waals surface area contributed by atoms with Crippen molar-refractivity contribution in [3.63, 3.8) is 0 Å². The highest BCUT2D eigenvalue weighted by atomic mass is 35.5. The molecule has 0 radical (unpaired) electrons. The molecule has 0 aliphatic carbocycles. The van der Waals surface area contributed by atoms with Crippen molar-refractivity contribution in [3.05, 3.63) is 29.6 Å². The Labute approximate surface area is 59.7 Å². The highest BCUT2D eigenvalue weighted by molar-refractivity contribution is 6.17. The number of halogens is 1. The molecule has 0 amide bonds. The van der Waals surface area contributed by atoms with Crippen molar-refractivity contribution >= 4 is 11.6 Å². The lowest BCUT2D eigenvalue weighted by molar-refractivity contribution is 1.20. The number of hydrogen-bond donors (Lipinski definition) is 0. The molecular weight excluding hydrogens is 134 g/mol. The van der Waals surface area contributed by atoms with Crippen molar-refractivity contribution in [2.24, 2.45) is 0 Å². The van der Waals surface area contributed by atoms with E-state index in [-0.39, 0.29) is 0 Å². The quantitative estimate of drug-likeness (QED) is 0.546. The van der Waals surface area contributed by atoms with Gasteiger partial charge in [-0.25, -0.2) is 0 Å². The van der Waals surface area contributed by atoms with Crippen LogP contribution in [-0.4, -0.2) is 4.98 Å². The molecule has 1 nitrogen and oxygen atoms in total. The third kappa shape index (κ3) is 1.68. The lowest BCUT2D eigenvalue weighted by atomic mass is 10.2. The van der Waals surface area contributed by atoms with Crippen LogP contribution < -0.4 is 0 Å². The van der Waals surface area contributed by atoms with Crippen LogP contribution in [0.4, 0.5) is 0 Å². The Morgan fingerprint density at radius 1 is 1.56 bits per heavy atom. The van der Waals surface area contributed by atoms with Gasteiger partial charge in [0.1, 0.15) is 0 Å². The topological polar surface area (TPSA) is 12.9 Å². The molecule has 0 unspecified atom stereocenters.